The Morgan fingerprint density at radius 2 is 1.77 bits per heavy atom. The molecule has 1 aliphatic carbocycles. The van der Waals surface area contributed by atoms with Crippen molar-refractivity contribution in [1.82, 2.24) is 16.0 Å². The van der Waals surface area contributed by atoms with Gasteiger partial charge in [0.1, 0.15) is 36.1 Å². The number of aliphatic hydroxyl groups is 1. The molecule has 4 N–H and O–H groups in total. The van der Waals surface area contributed by atoms with Crippen molar-refractivity contribution in [1.29, 1.82) is 0 Å². The monoisotopic (exact) mass is 734 g/mol. The summed E-state index contributed by atoms with van der Waals surface area (Å²) in [5, 5.41) is 18.0. The predicted molar refractivity (Wildman–Crippen MR) is 192 cm³/mol. The molecule has 52 heavy (non-hydrogen) atoms. The number of furan rings is 1. The zero-order valence-electron chi connectivity index (χ0n) is 28.8. The largest absolute Gasteiger partial charge is 0.510 e. The van der Waals surface area contributed by atoms with E-state index in [1.165, 1.54) is 37.4 Å². The van der Waals surface area contributed by atoms with Gasteiger partial charge in [-0.25, -0.2) is 12.8 Å². The molecule has 0 saturated heterocycles. The van der Waals surface area contributed by atoms with Crippen LogP contribution in [0.25, 0.3) is 22.3 Å². The summed E-state index contributed by atoms with van der Waals surface area (Å²) in [7, 11) is -2.58. The summed E-state index contributed by atoms with van der Waals surface area (Å²) in [6, 6.07) is 15.0. The van der Waals surface area contributed by atoms with Gasteiger partial charge in [0, 0.05) is 48.9 Å². The molecule has 0 radical (unpaired) electrons. The summed E-state index contributed by atoms with van der Waals surface area (Å²) in [6.07, 6.45) is 3.57. The molecule has 0 aliphatic heterocycles. The number of hydrogen-bond acceptors (Lipinski definition) is 9. The zero-order valence-corrected chi connectivity index (χ0v) is 29.6. The number of aliphatic hydroxyl groups excluding tert-OH is 1. The second kappa shape index (κ2) is 16.2. The van der Waals surface area contributed by atoms with E-state index in [2.05, 4.69) is 16.0 Å². The van der Waals surface area contributed by atoms with E-state index in [-0.39, 0.29) is 47.4 Å². The Hall–Kier alpha value is -5.54. The second-order valence-corrected chi connectivity index (χ2v) is 14.1. The third-order valence-corrected chi connectivity index (χ3v) is 9.40. The molecule has 1 aliphatic rings. The van der Waals surface area contributed by atoms with Gasteiger partial charge in [-0.15, -0.1) is 0 Å². The maximum atomic E-state index is 13.7. The molecule has 5 rings (SSSR count). The van der Waals surface area contributed by atoms with Crippen LogP contribution in [0.1, 0.15) is 57.5 Å². The molecule has 0 spiro atoms. The number of amides is 3. The minimum atomic E-state index is -4.04. The van der Waals surface area contributed by atoms with Gasteiger partial charge in [0.25, 0.3) is 5.91 Å². The van der Waals surface area contributed by atoms with Gasteiger partial charge in [-0.2, -0.15) is 0 Å². The SMILES string of the molecule is CCOC/C(O)=C/C(=O)c1cccc(CNC(=O)CNC(=O)CN(c2cc3oc(-c4ccc(F)cc4)c(C(=O)NC)c3cc2C2CC2)S(C)(=O)=O)c1. The number of halogens is 1. The maximum Gasteiger partial charge on any atom is 0.255 e. The van der Waals surface area contributed by atoms with E-state index < -0.39 is 52.4 Å². The van der Waals surface area contributed by atoms with Gasteiger partial charge >= 0.3 is 0 Å². The highest BCUT2D eigenvalue weighted by Gasteiger charge is 2.34. The Labute approximate surface area is 299 Å². The van der Waals surface area contributed by atoms with Crippen LogP contribution in [0.2, 0.25) is 0 Å². The van der Waals surface area contributed by atoms with Crippen LogP contribution in [0.4, 0.5) is 10.1 Å². The number of nitrogens with zero attached hydrogens (tertiary/aromatic N) is 1. The molecule has 0 atom stereocenters. The Morgan fingerprint density at radius 1 is 1.04 bits per heavy atom. The number of anilines is 1. The van der Waals surface area contributed by atoms with Crippen LogP contribution in [-0.4, -0.2) is 76.6 Å². The van der Waals surface area contributed by atoms with Gasteiger partial charge < -0.3 is 30.2 Å². The average molecular weight is 735 g/mol. The fraction of sp³-hybridized carbons (Fsp3) is 0.297. The molecule has 0 bridgehead atoms. The lowest BCUT2D eigenvalue weighted by Crippen LogP contribution is -2.44. The molecule has 1 heterocycles. The minimum Gasteiger partial charge on any atom is -0.510 e. The number of carbonyl (C=O) groups excluding carboxylic acids is 4. The Balaban J connectivity index is 1.30. The first-order valence-corrected chi connectivity index (χ1v) is 18.3. The molecule has 3 aromatic carbocycles. The van der Waals surface area contributed by atoms with E-state index in [0.717, 1.165) is 29.5 Å². The van der Waals surface area contributed by atoms with Gasteiger partial charge in [-0.3, -0.25) is 23.5 Å². The Morgan fingerprint density at radius 3 is 2.42 bits per heavy atom. The molecular formula is C37H39FN4O9S. The average Bonchev–Trinajstić information content (AvgIpc) is 3.90. The summed E-state index contributed by atoms with van der Waals surface area (Å²) >= 11 is 0. The smallest absolute Gasteiger partial charge is 0.255 e. The summed E-state index contributed by atoms with van der Waals surface area (Å²) in [5.74, 6) is -2.72. The van der Waals surface area contributed by atoms with Crippen molar-refractivity contribution in [3.63, 3.8) is 0 Å². The van der Waals surface area contributed by atoms with Crippen LogP contribution in [-0.2, 0) is 30.9 Å². The van der Waals surface area contributed by atoms with Crippen molar-refractivity contribution in [3.8, 4) is 11.3 Å². The molecule has 4 aromatic rings. The first kappa shape index (κ1) is 37.7. The highest BCUT2D eigenvalue weighted by Crippen LogP contribution is 2.48. The number of sulfonamides is 1. The van der Waals surface area contributed by atoms with Gasteiger partial charge in [-0.05, 0) is 73.2 Å². The number of allylic oxidation sites excluding steroid dienone is 1. The van der Waals surface area contributed by atoms with Crippen molar-refractivity contribution >= 4 is 50.2 Å². The number of carbonyl (C=O) groups is 4. The highest BCUT2D eigenvalue weighted by atomic mass is 32.2. The summed E-state index contributed by atoms with van der Waals surface area (Å²) in [6.45, 7) is 0.991. The van der Waals surface area contributed by atoms with E-state index in [0.29, 0.717) is 34.2 Å². The van der Waals surface area contributed by atoms with Crippen LogP contribution in [0, 0.1) is 5.82 Å². The van der Waals surface area contributed by atoms with Crippen molar-refractivity contribution in [2.24, 2.45) is 0 Å². The van der Waals surface area contributed by atoms with Crippen molar-refractivity contribution < 1.29 is 46.2 Å². The van der Waals surface area contributed by atoms with Crippen LogP contribution in [0.3, 0.4) is 0 Å². The van der Waals surface area contributed by atoms with Gasteiger partial charge in [-0.1, -0.05) is 18.2 Å². The number of nitrogens with one attached hydrogen (secondary N) is 3. The van der Waals surface area contributed by atoms with Crippen LogP contribution in [0.15, 0.2) is 76.9 Å². The second-order valence-electron chi connectivity index (χ2n) is 12.2. The fourth-order valence-corrected chi connectivity index (χ4v) is 6.44. The van der Waals surface area contributed by atoms with E-state index in [1.807, 2.05) is 0 Å². The number of ether oxygens (including phenoxy) is 1. The third-order valence-electron chi connectivity index (χ3n) is 8.27. The molecule has 1 fully saturated rings. The minimum absolute atomic E-state index is 0.0234. The molecule has 1 saturated carbocycles. The highest BCUT2D eigenvalue weighted by molar-refractivity contribution is 7.92. The molecule has 274 valence electrons. The molecule has 0 unspecified atom stereocenters. The lowest BCUT2D eigenvalue weighted by atomic mass is 10.0. The molecule has 13 nitrogen and oxygen atoms in total. The van der Waals surface area contributed by atoms with E-state index in [9.17, 15) is 37.1 Å². The predicted octanol–water partition coefficient (Wildman–Crippen LogP) is 4.34. The molecule has 1 aromatic heterocycles. The normalized spacial score (nSPS) is 13.1. The van der Waals surface area contributed by atoms with Crippen molar-refractivity contribution in [2.45, 2.75) is 32.2 Å². The Bertz CT molecular complexity index is 2140. The summed E-state index contributed by atoms with van der Waals surface area (Å²) in [4.78, 5) is 51.3. The first-order chi connectivity index (χ1) is 24.8. The number of hydrogen-bond donors (Lipinski definition) is 4. The topological polar surface area (TPSA) is 184 Å². The number of fused-ring (bicyclic) bond motifs is 1. The number of rotatable bonds is 16. The van der Waals surface area contributed by atoms with E-state index >= 15 is 0 Å². The van der Waals surface area contributed by atoms with Gasteiger partial charge in [0.05, 0.1) is 24.1 Å². The molecule has 15 heteroatoms. The number of benzene rings is 3. The lowest BCUT2D eigenvalue weighted by molar-refractivity contribution is -0.125. The zero-order chi connectivity index (χ0) is 37.6. The summed E-state index contributed by atoms with van der Waals surface area (Å²) < 4.78 is 52.1. The van der Waals surface area contributed by atoms with Crippen LogP contribution < -0.4 is 20.3 Å². The maximum absolute atomic E-state index is 13.7. The van der Waals surface area contributed by atoms with Gasteiger partial charge in [0.15, 0.2) is 5.78 Å². The lowest BCUT2D eigenvalue weighted by Gasteiger charge is -2.24. The van der Waals surface area contributed by atoms with Crippen LogP contribution in [0.5, 0.6) is 0 Å². The van der Waals surface area contributed by atoms with Crippen LogP contribution >= 0.6 is 0 Å². The summed E-state index contributed by atoms with van der Waals surface area (Å²) in [5.41, 5.74) is 2.54. The third kappa shape index (κ3) is 9.22. The van der Waals surface area contributed by atoms with E-state index in [4.69, 9.17) is 9.15 Å². The standard InChI is InChI=1S/C37H39FN4O9S/c1-4-50-21-27(43)15-31(44)25-7-5-6-22(14-25)18-40-33(45)19-41-34(46)20-42(52(3,48)49)30-17-32-29(16-28(30)23-8-9-23)35(37(47)39-2)36(51-32)24-10-12-26(38)13-11-24/h5-7,10-17,23,43H,4,8-9,18-21H2,1-3H3,(H,39,47)(H,40,45)(H,41,46)/b27-15-. The molecular weight excluding hydrogens is 695 g/mol. The molecule has 3 amide bonds. The fourth-order valence-electron chi connectivity index (χ4n) is 5.57. The quantitative estimate of drug-likeness (QED) is 0.0739. The van der Waals surface area contributed by atoms with E-state index in [1.54, 1.807) is 37.3 Å². The first-order valence-electron chi connectivity index (χ1n) is 16.5. The van der Waals surface area contributed by atoms with Crippen molar-refractivity contribution in [3.05, 3.63) is 101 Å². The van der Waals surface area contributed by atoms with Crippen molar-refractivity contribution in [2.75, 3.05) is 43.9 Å². The number of ketones is 1. The Kier molecular flexibility index (Phi) is 11.8. The van der Waals surface area contributed by atoms with Gasteiger partial charge in [0.2, 0.25) is 21.8 Å².